The number of nitrogens with two attached hydrogens (primary N) is 2. The SMILES string of the molecule is CC(C)CC(NC(=O)C(N)CS)C(=O)NC(CCC(N)=O)C(=O)NC(CO)C(=O)O. The van der Waals surface area contributed by atoms with Gasteiger partial charge in [-0.05, 0) is 18.8 Å². The largest absolute Gasteiger partial charge is 0.480 e. The second-order valence-corrected chi connectivity index (χ2v) is 7.49. The maximum absolute atomic E-state index is 12.7. The molecule has 0 aliphatic carbocycles. The summed E-state index contributed by atoms with van der Waals surface area (Å²) < 4.78 is 0. The van der Waals surface area contributed by atoms with Crippen LogP contribution in [0.5, 0.6) is 0 Å². The fourth-order valence-electron chi connectivity index (χ4n) is 2.35. The number of hydrogen-bond acceptors (Lipinski definition) is 8. The number of carboxylic acids is 1. The molecule has 0 aromatic carbocycles. The number of aliphatic carboxylic acids is 1. The third kappa shape index (κ3) is 10.4. The van der Waals surface area contributed by atoms with Crippen molar-refractivity contribution in [2.75, 3.05) is 12.4 Å². The van der Waals surface area contributed by atoms with Gasteiger partial charge in [0.25, 0.3) is 0 Å². The van der Waals surface area contributed by atoms with Gasteiger partial charge in [0.15, 0.2) is 0 Å². The van der Waals surface area contributed by atoms with Crippen LogP contribution in [0.15, 0.2) is 0 Å². The summed E-state index contributed by atoms with van der Waals surface area (Å²) in [4.78, 5) is 59.3. The molecular formula is C17H31N5O7S. The van der Waals surface area contributed by atoms with E-state index >= 15 is 0 Å². The number of thiol groups is 1. The molecule has 0 aliphatic rings. The summed E-state index contributed by atoms with van der Waals surface area (Å²) in [6.07, 6.45) is -0.237. The maximum atomic E-state index is 12.7. The zero-order valence-electron chi connectivity index (χ0n) is 17.0. The molecule has 4 atom stereocenters. The van der Waals surface area contributed by atoms with Crippen molar-refractivity contribution < 1.29 is 34.2 Å². The Balaban J connectivity index is 5.43. The number of carbonyl (C=O) groups excluding carboxylic acids is 4. The predicted octanol–water partition coefficient (Wildman–Crippen LogP) is -2.91. The summed E-state index contributed by atoms with van der Waals surface area (Å²) in [5.74, 6) is -4.39. The lowest BCUT2D eigenvalue weighted by molar-refractivity contribution is -0.143. The maximum Gasteiger partial charge on any atom is 0.328 e. The zero-order chi connectivity index (χ0) is 23.4. The second kappa shape index (κ2) is 13.8. The lowest BCUT2D eigenvalue weighted by Gasteiger charge is -2.25. The van der Waals surface area contributed by atoms with Gasteiger partial charge in [0.05, 0.1) is 12.6 Å². The Morgan fingerprint density at radius 1 is 0.933 bits per heavy atom. The highest BCUT2D eigenvalue weighted by Gasteiger charge is 2.30. The van der Waals surface area contributed by atoms with Crippen LogP contribution in [0.3, 0.4) is 0 Å². The molecule has 13 heteroatoms. The normalized spacial score (nSPS) is 14.9. The molecule has 0 bridgehead atoms. The molecule has 4 unspecified atom stereocenters. The van der Waals surface area contributed by atoms with Crippen LogP contribution in [-0.2, 0) is 24.0 Å². The number of hydrogen-bond donors (Lipinski definition) is 8. The summed E-state index contributed by atoms with van der Waals surface area (Å²) in [5.41, 5.74) is 10.7. The van der Waals surface area contributed by atoms with Gasteiger partial charge >= 0.3 is 5.97 Å². The number of primary amides is 1. The predicted molar refractivity (Wildman–Crippen MR) is 110 cm³/mol. The molecule has 0 fully saturated rings. The Labute approximate surface area is 179 Å². The van der Waals surface area contributed by atoms with E-state index in [-0.39, 0.29) is 30.9 Å². The molecule has 0 spiro atoms. The number of aliphatic hydroxyl groups is 1. The van der Waals surface area contributed by atoms with E-state index in [0.717, 1.165) is 0 Å². The van der Waals surface area contributed by atoms with Crippen LogP contribution in [0.25, 0.3) is 0 Å². The van der Waals surface area contributed by atoms with Crippen molar-refractivity contribution in [2.24, 2.45) is 17.4 Å². The van der Waals surface area contributed by atoms with Crippen LogP contribution in [-0.4, -0.2) is 76.3 Å². The fraction of sp³-hybridized carbons (Fsp3) is 0.706. The Morgan fingerprint density at radius 3 is 1.87 bits per heavy atom. The van der Waals surface area contributed by atoms with Crippen molar-refractivity contribution in [1.29, 1.82) is 0 Å². The van der Waals surface area contributed by atoms with Crippen molar-refractivity contribution in [3.8, 4) is 0 Å². The number of amides is 4. The highest BCUT2D eigenvalue weighted by Crippen LogP contribution is 2.07. The summed E-state index contributed by atoms with van der Waals surface area (Å²) >= 11 is 3.93. The van der Waals surface area contributed by atoms with Gasteiger partial charge in [0, 0.05) is 12.2 Å². The van der Waals surface area contributed by atoms with E-state index in [1.54, 1.807) is 0 Å². The summed E-state index contributed by atoms with van der Waals surface area (Å²) in [7, 11) is 0. The van der Waals surface area contributed by atoms with Gasteiger partial charge in [-0.15, -0.1) is 0 Å². The summed E-state index contributed by atoms with van der Waals surface area (Å²) in [5, 5.41) is 25.0. The van der Waals surface area contributed by atoms with Gasteiger partial charge in [-0.25, -0.2) is 4.79 Å². The highest BCUT2D eigenvalue weighted by molar-refractivity contribution is 7.80. The average molecular weight is 450 g/mol. The van der Waals surface area contributed by atoms with Crippen molar-refractivity contribution in [1.82, 2.24) is 16.0 Å². The first kappa shape index (κ1) is 27.6. The van der Waals surface area contributed by atoms with E-state index in [4.69, 9.17) is 21.7 Å². The zero-order valence-corrected chi connectivity index (χ0v) is 17.9. The van der Waals surface area contributed by atoms with E-state index in [9.17, 15) is 24.0 Å². The molecule has 12 nitrogen and oxygen atoms in total. The first-order chi connectivity index (χ1) is 13.9. The van der Waals surface area contributed by atoms with Crippen molar-refractivity contribution in [2.45, 2.75) is 57.3 Å². The number of nitrogens with one attached hydrogen (secondary N) is 3. The third-order valence-corrected chi connectivity index (χ3v) is 4.38. The van der Waals surface area contributed by atoms with E-state index in [1.165, 1.54) is 0 Å². The van der Waals surface area contributed by atoms with Crippen LogP contribution in [0.1, 0.15) is 33.1 Å². The third-order valence-electron chi connectivity index (χ3n) is 3.98. The minimum absolute atomic E-state index is 0.00282. The molecule has 0 rings (SSSR count). The number of aliphatic hydroxyl groups excluding tert-OH is 1. The lowest BCUT2D eigenvalue weighted by atomic mass is 10.0. The summed E-state index contributed by atoms with van der Waals surface area (Å²) in [6, 6.07) is -4.88. The first-order valence-electron chi connectivity index (χ1n) is 9.32. The molecule has 4 amide bonds. The molecular weight excluding hydrogens is 418 g/mol. The van der Waals surface area contributed by atoms with Gasteiger partial charge in [0.1, 0.15) is 18.1 Å². The molecule has 0 saturated heterocycles. The second-order valence-electron chi connectivity index (χ2n) is 7.13. The molecule has 9 N–H and O–H groups in total. The Morgan fingerprint density at radius 2 is 1.43 bits per heavy atom. The molecule has 0 aliphatic heterocycles. The Bertz CT molecular complexity index is 632. The standard InChI is InChI=1S/C17H31N5O7S/c1-8(2)5-11(21-14(25)9(18)7-30)16(27)20-10(3-4-13(19)24)15(26)22-12(6-23)17(28)29/h8-12,23,30H,3-7,18H2,1-2H3,(H2,19,24)(H,20,27)(H,21,25)(H,22,26)(H,28,29). The van der Waals surface area contributed by atoms with Crippen molar-refractivity contribution >= 4 is 42.2 Å². The molecule has 0 heterocycles. The van der Waals surface area contributed by atoms with Gasteiger partial charge in [-0.1, -0.05) is 13.8 Å². The van der Waals surface area contributed by atoms with E-state index in [0.29, 0.717) is 0 Å². The minimum atomic E-state index is -1.59. The first-order valence-corrected chi connectivity index (χ1v) is 9.95. The molecule has 30 heavy (non-hydrogen) atoms. The van der Waals surface area contributed by atoms with Gasteiger partial charge < -0.3 is 37.6 Å². The molecule has 172 valence electrons. The Hall–Kier alpha value is -2.38. The topological polar surface area (TPSA) is 214 Å². The van der Waals surface area contributed by atoms with E-state index in [1.807, 2.05) is 13.8 Å². The van der Waals surface area contributed by atoms with Gasteiger partial charge in [-0.3, -0.25) is 19.2 Å². The quantitative estimate of drug-likeness (QED) is 0.128. The Kier molecular flexibility index (Phi) is 12.7. The number of rotatable bonds is 14. The van der Waals surface area contributed by atoms with Gasteiger partial charge in [0.2, 0.25) is 23.6 Å². The van der Waals surface area contributed by atoms with Crippen molar-refractivity contribution in [3.05, 3.63) is 0 Å². The van der Waals surface area contributed by atoms with Gasteiger partial charge in [-0.2, -0.15) is 12.6 Å². The molecule has 0 saturated carbocycles. The van der Waals surface area contributed by atoms with E-state index in [2.05, 4.69) is 28.6 Å². The number of carboxylic acid groups (broad SMARTS) is 1. The lowest BCUT2D eigenvalue weighted by Crippen LogP contribution is -2.58. The van der Waals surface area contributed by atoms with Crippen LogP contribution in [0.2, 0.25) is 0 Å². The molecule has 0 aromatic heterocycles. The fourth-order valence-corrected chi connectivity index (χ4v) is 2.52. The van der Waals surface area contributed by atoms with Crippen LogP contribution in [0.4, 0.5) is 0 Å². The molecule has 0 radical (unpaired) electrons. The minimum Gasteiger partial charge on any atom is -0.480 e. The monoisotopic (exact) mass is 449 g/mol. The highest BCUT2D eigenvalue weighted by atomic mass is 32.1. The van der Waals surface area contributed by atoms with Crippen LogP contribution < -0.4 is 27.4 Å². The van der Waals surface area contributed by atoms with Crippen LogP contribution >= 0.6 is 12.6 Å². The smallest absolute Gasteiger partial charge is 0.328 e. The van der Waals surface area contributed by atoms with E-state index < -0.39 is 60.4 Å². The number of carbonyl (C=O) groups is 5. The van der Waals surface area contributed by atoms with Crippen molar-refractivity contribution in [3.63, 3.8) is 0 Å². The molecule has 0 aromatic rings. The van der Waals surface area contributed by atoms with Crippen LogP contribution in [0, 0.1) is 5.92 Å². The summed E-state index contributed by atoms with van der Waals surface area (Å²) in [6.45, 7) is 2.77. The average Bonchev–Trinajstić information content (AvgIpc) is 2.66.